The molecule has 1 saturated heterocycles. The van der Waals surface area contributed by atoms with Gasteiger partial charge in [-0.2, -0.15) is 0 Å². The topological polar surface area (TPSA) is 49.9 Å². The van der Waals surface area contributed by atoms with Crippen LogP contribution in [0.15, 0.2) is 12.7 Å². The number of hydrogen-bond donors (Lipinski definition) is 0. The standard InChI is InChI=1S/C15H26N2O3/c1-5-14(18)16(6-2)11-15(19)17-9-7-13(8-10-17)20-12(3)4/h5,12-13H,1,6-11H2,2-4H3. The maximum absolute atomic E-state index is 12.2. The Morgan fingerprint density at radius 1 is 1.40 bits per heavy atom. The summed E-state index contributed by atoms with van der Waals surface area (Å²) in [5.74, 6) is -0.191. The Labute approximate surface area is 121 Å². The van der Waals surface area contributed by atoms with Gasteiger partial charge in [-0.15, -0.1) is 0 Å². The minimum Gasteiger partial charge on any atom is -0.375 e. The smallest absolute Gasteiger partial charge is 0.246 e. The molecular weight excluding hydrogens is 256 g/mol. The van der Waals surface area contributed by atoms with Gasteiger partial charge in [-0.25, -0.2) is 0 Å². The second-order valence-electron chi connectivity index (χ2n) is 5.32. The third kappa shape index (κ3) is 4.96. The van der Waals surface area contributed by atoms with Crippen molar-refractivity contribution in [1.82, 2.24) is 9.80 Å². The summed E-state index contributed by atoms with van der Waals surface area (Å²) in [5, 5.41) is 0. The normalized spacial score (nSPS) is 16.3. The number of ether oxygens (including phenoxy) is 1. The Balaban J connectivity index is 2.42. The van der Waals surface area contributed by atoms with Crippen LogP contribution in [0.4, 0.5) is 0 Å². The molecule has 0 aromatic rings. The number of piperidine rings is 1. The number of amides is 2. The summed E-state index contributed by atoms with van der Waals surface area (Å²) in [4.78, 5) is 27.1. The zero-order chi connectivity index (χ0) is 15.1. The zero-order valence-electron chi connectivity index (χ0n) is 12.8. The number of likely N-dealkylation sites (tertiary alicyclic amines) is 1. The van der Waals surface area contributed by atoms with E-state index in [1.807, 2.05) is 25.7 Å². The molecule has 0 saturated carbocycles. The average molecular weight is 282 g/mol. The van der Waals surface area contributed by atoms with Crippen molar-refractivity contribution in [3.8, 4) is 0 Å². The molecule has 2 amide bonds. The van der Waals surface area contributed by atoms with E-state index in [1.54, 1.807) is 0 Å². The number of nitrogens with zero attached hydrogens (tertiary/aromatic N) is 2. The van der Waals surface area contributed by atoms with Gasteiger partial charge in [0.1, 0.15) is 0 Å². The summed E-state index contributed by atoms with van der Waals surface area (Å²) in [7, 11) is 0. The van der Waals surface area contributed by atoms with Gasteiger partial charge in [0.25, 0.3) is 0 Å². The lowest BCUT2D eigenvalue weighted by Crippen LogP contribution is -2.46. The molecule has 0 bridgehead atoms. The van der Waals surface area contributed by atoms with Crippen molar-refractivity contribution in [3.63, 3.8) is 0 Å². The molecule has 5 nitrogen and oxygen atoms in total. The van der Waals surface area contributed by atoms with Crippen LogP contribution in [0.5, 0.6) is 0 Å². The molecule has 1 rings (SSSR count). The predicted molar refractivity (Wildman–Crippen MR) is 78.3 cm³/mol. The number of carbonyl (C=O) groups is 2. The van der Waals surface area contributed by atoms with Crippen molar-refractivity contribution in [2.24, 2.45) is 0 Å². The van der Waals surface area contributed by atoms with Gasteiger partial charge in [-0.1, -0.05) is 6.58 Å². The van der Waals surface area contributed by atoms with Gasteiger partial charge in [0, 0.05) is 19.6 Å². The fourth-order valence-electron chi connectivity index (χ4n) is 2.36. The zero-order valence-corrected chi connectivity index (χ0v) is 12.8. The molecule has 0 spiro atoms. The van der Waals surface area contributed by atoms with E-state index in [-0.39, 0.29) is 30.6 Å². The SMILES string of the molecule is C=CC(=O)N(CC)CC(=O)N1CCC(OC(C)C)CC1. The van der Waals surface area contributed by atoms with Gasteiger partial charge in [0.15, 0.2) is 0 Å². The highest BCUT2D eigenvalue weighted by atomic mass is 16.5. The molecule has 0 aliphatic carbocycles. The van der Waals surface area contributed by atoms with Crippen LogP contribution in [0.2, 0.25) is 0 Å². The number of carbonyl (C=O) groups excluding carboxylic acids is 2. The second-order valence-corrected chi connectivity index (χ2v) is 5.32. The molecule has 20 heavy (non-hydrogen) atoms. The lowest BCUT2D eigenvalue weighted by atomic mass is 10.1. The maximum atomic E-state index is 12.2. The lowest BCUT2D eigenvalue weighted by molar-refractivity contribution is -0.140. The Morgan fingerprint density at radius 3 is 2.45 bits per heavy atom. The van der Waals surface area contributed by atoms with E-state index in [4.69, 9.17) is 4.74 Å². The van der Waals surface area contributed by atoms with E-state index in [0.29, 0.717) is 19.6 Å². The van der Waals surface area contributed by atoms with Crippen molar-refractivity contribution >= 4 is 11.8 Å². The summed E-state index contributed by atoms with van der Waals surface area (Å²) in [5.41, 5.74) is 0. The van der Waals surface area contributed by atoms with Crippen molar-refractivity contribution in [3.05, 3.63) is 12.7 Å². The van der Waals surface area contributed by atoms with Gasteiger partial charge in [0.05, 0.1) is 18.8 Å². The second kappa shape index (κ2) is 8.04. The fourth-order valence-corrected chi connectivity index (χ4v) is 2.36. The first-order chi connectivity index (χ1) is 9.47. The molecule has 1 aliphatic heterocycles. The van der Waals surface area contributed by atoms with Crippen molar-refractivity contribution in [2.45, 2.75) is 45.8 Å². The van der Waals surface area contributed by atoms with Gasteiger partial charge < -0.3 is 14.5 Å². The summed E-state index contributed by atoms with van der Waals surface area (Å²) >= 11 is 0. The quantitative estimate of drug-likeness (QED) is 0.693. The van der Waals surface area contributed by atoms with Crippen LogP contribution >= 0.6 is 0 Å². The van der Waals surface area contributed by atoms with Crippen LogP contribution in [-0.2, 0) is 14.3 Å². The molecule has 5 heteroatoms. The average Bonchev–Trinajstić information content (AvgIpc) is 2.43. The first-order valence-electron chi connectivity index (χ1n) is 7.32. The Hall–Kier alpha value is -1.36. The van der Waals surface area contributed by atoms with Gasteiger partial charge >= 0.3 is 0 Å². The molecule has 1 fully saturated rings. The van der Waals surface area contributed by atoms with E-state index in [1.165, 1.54) is 11.0 Å². The Bertz CT molecular complexity index is 347. The van der Waals surface area contributed by atoms with Crippen molar-refractivity contribution < 1.29 is 14.3 Å². The Kier molecular flexibility index (Phi) is 6.71. The van der Waals surface area contributed by atoms with E-state index in [0.717, 1.165) is 12.8 Å². The highest BCUT2D eigenvalue weighted by Gasteiger charge is 2.25. The first-order valence-corrected chi connectivity index (χ1v) is 7.32. The van der Waals surface area contributed by atoms with Gasteiger partial charge in [-0.05, 0) is 39.7 Å². The van der Waals surface area contributed by atoms with Crippen LogP contribution in [0.1, 0.15) is 33.6 Å². The van der Waals surface area contributed by atoms with E-state index < -0.39 is 0 Å². The number of rotatable bonds is 6. The highest BCUT2D eigenvalue weighted by Crippen LogP contribution is 2.15. The molecule has 0 radical (unpaired) electrons. The molecule has 0 unspecified atom stereocenters. The summed E-state index contributed by atoms with van der Waals surface area (Å²) < 4.78 is 5.76. The molecule has 0 N–H and O–H groups in total. The Morgan fingerprint density at radius 2 is 2.00 bits per heavy atom. The summed E-state index contributed by atoms with van der Waals surface area (Å²) in [6.07, 6.45) is 3.45. The monoisotopic (exact) mass is 282 g/mol. The third-order valence-corrected chi connectivity index (χ3v) is 3.45. The number of hydrogen-bond acceptors (Lipinski definition) is 3. The maximum Gasteiger partial charge on any atom is 0.246 e. The first kappa shape index (κ1) is 16.7. The van der Waals surface area contributed by atoms with Gasteiger partial charge in [-0.3, -0.25) is 9.59 Å². The highest BCUT2D eigenvalue weighted by molar-refractivity contribution is 5.90. The minimum atomic E-state index is -0.195. The summed E-state index contributed by atoms with van der Waals surface area (Å²) in [6.45, 7) is 11.4. The minimum absolute atomic E-state index is 0.00467. The van der Waals surface area contributed by atoms with Crippen LogP contribution in [0.3, 0.4) is 0 Å². The number of likely N-dealkylation sites (N-methyl/N-ethyl adjacent to an activating group) is 1. The largest absolute Gasteiger partial charge is 0.375 e. The summed E-state index contributed by atoms with van der Waals surface area (Å²) in [6, 6.07) is 0. The molecular formula is C15H26N2O3. The van der Waals surface area contributed by atoms with Crippen LogP contribution in [-0.4, -0.2) is 60.0 Å². The predicted octanol–water partition coefficient (Wildman–Crippen LogP) is 1.44. The van der Waals surface area contributed by atoms with Crippen LogP contribution < -0.4 is 0 Å². The van der Waals surface area contributed by atoms with E-state index >= 15 is 0 Å². The molecule has 1 heterocycles. The van der Waals surface area contributed by atoms with Crippen LogP contribution in [0, 0.1) is 0 Å². The third-order valence-electron chi connectivity index (χ3n) is 3.45. The molecule has 1 aliphatic rings. The molecule has 0 aromatic carbocycles. The molecule has 0 aromatic heterocycles. The molecule has 0 atom stereocenters. The molecule has 114 valence electrons. The van der Waals surface area contributed by atoms with E-state index in [9.17, 15) is 9.59 Å². The van der Waals surface area contributed by atoms with Crippen molar-refractivity contribution in [2.75, 3.05) is 26.2 Å². The van der Waals surface area contributed by atoms with Gasteiger partial charge in [0.2, 0.25) is 11.8 Å². The van der Waals surface area contributed by atoms with Crippen molar-refractivity contribution in [1.29, 1.82) is 0 Å². The fraction of sp³-hybridized carbons (Fsp3) is 0.733. The van der Waals surface area contributed by atoms with E-state index in [2.05, 4.69) is 6.58 Å². The lowest BCUT2D eigenvalue weighted by Gasteiger charge is -2.34. The van der Waals surface area contributed by atoms with Crippen LogP contribution in [0.25, 0.3) is 0 Å².